The Morgan fingerprint density at radius 3 is 2.86 bits per heavy atom. The van der Waals surface area contributed by atoms with Crippen LogP contribution < -0.4 is 5.32 Å². The summed E-state index contributed by atoms with van der Waals surface area (Å²) in [6.45, 7) is 1.86. The van der Waals surface area contributed by atoms with Crippen LogP contribution in [-0.2, 0) is 4.79 Å². The molecule has 3 atom stereocenters. The maximum Gasteiger partial charge on any atom is 0.326 e. The number of carboxylic acids is 1. The summed E-state index contributed by atoms with van der Waals surface area (Å²) in [5.74, 6) is -0.585. The molecule has 114 valence electrons. The number of nitrogens with zero attached hydrogens (tertiary/aromatic N) is 2. The predicted molar refractivity (Wildman–Crippen MR) is 79.5 cm³/mol. The van der Waals surface area contributed by atoms with E-state index in [-0.39, 0.29) is 12.1 Å². The Bertz CT molecular complexity index is 559. The zero-order chi connectivity index (χ0) is 15.0. The topological polar surface area (TPSA) is 82.5 Å². The van der Waals surface area contributed by atoms with Crippen molar-refractivity contribution in [3.8, 4) is 0 Å². The van der Waals surface area contributed by atoms with E-state index >= 15 is 0 Å². The van der Waals surface area contributed by atoms with Gasteiger partial charge in [-0.25, -0.2) is 14.6 Å². The third kappa shape index (κ3) is 2.74. The number of aryl methyl sites for hydroxylation is 1. The number of aromatic nitrogens is 1. The van der Waals surface area contributed by atoms with E-state index in [1.165, 1.54) is 11.3 Å². The zero-order valence-electron chi connectivity index (χ0n) is 11.9. The largest absolute Gasteiger partial charge is 0.480 e. The van der Waals surface area contributed by atoms with Crippen LogP contribution in [0.15, 0.2) is 5.38 Å². The number of thiazole rings is 1. The highest BCUT2D eigenvalue weighted by Crippen LogP contribution is 2.40. The van der Waals surface area contributed by atoms with Crippen molar-refractivity contribution in [2.24, 2.45) is 5.92 Å². The number of hydrogen-bond acceptors (Lipinski definition) is 4. The van der Waals surface area contributed by atoms with Gasteiger partial charge in [0.1, 0.15) is 6.04 Å². The van der Waals surface area contributed by atoms with Crippen LogP contribution in [0.3, 0.4) is 0 Å². The van der Waals surface area contributed by atoms with Crippen LogP contribution in [0.1, 0.15) is 37.8 Å². The summed E-state index contributed by atoms with van der Waals surface area (Å²) in [6, 6.07) is -0.980. The monoisotopic (exact) mass is 309 g/mol. The maximum atomic E-state index is 12.5. The predicted octanol–water partition coefficient (Wildman–Crippen LogP) is 2.70. The second-order valence-corrected chi connectivity index (χ2v) is 6.69. The van der Waals surface area contributed by atoms with E-state index in [1.54, 1.807) is 4.90 Å². The first-order chi connectivity index (χ1) is 10.1. The Kier molecular flexibility index (Phi) is 3.84. The number of carboxylic acid groups (broad SMARTS) is 1. The smallest absolute Gasteiger partial charge is 0.326 e. The number of urea groups is 1. The molecule has 2 amide bonds. The van der Waals surface area contributed by atoms with E-state index in [0.717, 1.165) is 31.4 Å². The molecular weight excluding hydrogens is 290 g/mol. The molecule has 1 aliphatic carbocycles. The first-order valence-corrected chi connectivity index (χ1v) is 8.18. The second kappa shape index (κ2) is 5.63. The van der Waals surface area contributed by atoms with Gasteiger partial charge in [0.05, 0.1) is 5.69 Å². The van der Waals surface area contributed by atoms with Crippen molar-refractivity contribution >= 4 is 28.5 Å². The molecule has 1 saturated heterocycles. The maximum absolute atomic E-state index is 12.5. The number of hydrogen-bond donors (Lipinski definition) is 2. The molecule has 0 aromatic carbocycles. The lowest BCUT2D eigenvalue weighted by Crippen LogP contribution is -2.48. The molecule has 1 saturated carbocycles. The third-order valence-corrected chi connectivity index (χ3v) is 5.32. The average Bonchev–Trinajstić information content (AvgIpc) is 3.02. The fourth-order valence-electron chi connectivity index (χ4n) is 3.54. The molecule has 2 fully saturated rings. The van der Waals surface area contributed by atoms with Crippen molar-refractivity contribution < 1.29 is 14.7 Å². The SMILES string of the molecule is Cc1csc(NC(=O)N2C(C(=O)O)CC3CCCCC32)n1. The fraction of sp³-hybridized carbons (Fsp3) is 0.643. The Morgan fingerprint density at radius 1 is 1.43 bits per heavy atom. The summed E-state index contributed by atoms with van der Waals surface area (Å²) in [6.07, 6.45) is 4.69. The van der Waals surface area contributed by atoms with Crippen LogP contribution >= 0.6 is 11.3 Å². The Hall–Kier alpha value is -1.63. The number of aliphatic carboxylic acids is 1. The molecule has 7 heteroatoms. The minimum atomic E-state index is -0.908. The molecular formula is C14H19N3O3S. The van der Waals surface area contributed by atoms with Crippen molar-refractivity contribution in [1.82, 2.24) is 9.88 Å². The number of carbonyl (C=O) groups excluding carboxylic acids is 1. The van der Waals surface area contributed by atoms with Crippen molar-refractivity contribution in [3.63, 3.8) is 0 Å². The molecule has 3 rings (SSSR count). The summed E-state index contributed by atoms with van der Waals surface area (Å²) in [7, 11) is 0. The number of nitrogens with one attached hydrogen (secondary N) is 1. The van der Waals surface area contributed by atoms with Gasteiger partial charge in [0.15, 0.2) is 5.13 Å². The lowest BCUT2D eigenvalue weighted by Gasteiger charge is -2.32. The molecule has 21 heavy (non-hydrogen) atoms. The van der Waals surface area contributed by atoms with Gasteiger partial charge in [0.25, 0.3) is 0 Å². The van der Waals surface area contributed by atoms with E-state index in [0.29, 0.717) is 17.5 Å². The van der Waals surface area contributed by atoms with Gasteiger partial charge in [-0.15, -0.1) is 11.3 Å². The molecule has 2 aliphatic rings. The number of anilines is 1. The molecule has 6 nitrogen and oxygen atoms in total. The summed E-state index contributed by atoms with van der Waals surface area (Å²) in [5.41, 5.74) is 0.849. The summed E-state index contributed by atoms with van der Waals surface area (Å²) >= 11 is 1.36. The summed E-state index contributed by atoms with van der Waals surface area (Å²) in [4.78, 5) is 29.7. The van der Waals surface area contributed by atoms with Crippen LogP contribution in [0.5, 0.6) is 0 Å². The van der Waals surface area contributed by atoms with E-state index < -0.39 is 12.0 Å². The number of fused-ring (bicyclic) bond motifs is 1. The fourth-order valence-corrected chi connectivity index (χ4v) is 4.22. The molecule has 1 aliphatic heterocycles. The third-order valence-electron chi connectivity index (χ3n) is 4.44. The van der Waals surface area contributed by atoms with Crippen LogP contribution in [0.2, 0.25) is 0 Å². The van der Waals surface area contributed by atoms with Gasteiger partial charge in [-0.2, -0.15) is 0 Å². The lowest BCUT2D eigenvalue weighted by atomic mass is 9.85. The molecule has 0 spiro atoms. The molecule has 0 radical (unpaired) electrons. The Morgan fingerprint density at radius 2 is 2.19 bits per heavy atom. The van der Waals surface area contributed by atoms with Crippen molar-refractivity contribution in [2.75, 3.05) is 5.32 Å². The highest BCUT2D eigenvalue weighted by molar-refractivity contribution is 7.13. The quantitative estimate of drug-likeness (QED) is 0.880. The van der Waals surface area contributed by atoms with E-state index in [1.807, 2.05) is 12.3 Å². The number of carbonyl (C=O) groups is 2. The van der Waals surface area contributed by atoms with E-state index in [2.05, 4.69) is 10.3 Å². The normalized spacial score (nSPS) is 28.2. The number of rotatable bonds is 2. The molecule has 1 aromatic heterocycles. The minimum absolute atomic E-state index is 0.0564. The highest BCUT2D eigenvalue weighted by atomic mass is 32.1. The standard InChI is InChI=1S/C14H19N3O3S/c1-8-7-21-13(15-8)16-14(20)17-10-5-3-2-4-9(10)6-11(17)12(18)19/h7,9-11H,2-6H2,1H3,(H,18,19)(H,15,16,20). The Labute approximate surface area is 127 Å². The van der Waals surface area contributed by atoms with E-state index in [4.69, 9.17) is 0 Å². The van der Waals surface area contributed by atoms with Crippen LogP contribution in [0.25, 0.3) is 0 Å². The van der Waals surface area contributed by atoms with Gasteiger partial charge in [-0.1, -0.05) is 12.8 Å². The van der Waals surface area contributed by atoms with E-state index in [9.17, 15) is 14.7 Å². The summed E-state index contributed by atoms with van der Waals surface area (Å²) in [5, 5.41) is 14.6. The van der Waals surface area contributed by atoms with Gasteiger partial charge < -0.3 is 10.0 Å². The molecule has 1 aromatic rings. The molecule has 3 unspecified atom stereocenters. The summed E-state index contributed by atoms with van der Waals surface area (Å²) < 4.78 is 0. The average molecular weight is 309 g/mol. The van der Waals surface area contributed by atoms with Crippen LogP contribution in [0, 0.1) is 12.8 Å². The van der Waals surface area contributed by atoms with Gasteiger partial charge in [-0.05, 0) is 32.1 Å². The first-order valence-electron chi connectivity index (χ1n) is 7.30. The van der Waals surface area contributed by atoms with Crippen LogP contribution in [0.4, 0.5) is 9.93 Å². The second-order valence-electron chi connectivity index (χ2n) is 5.83. The lowest BCUT2D eigenvalue weighted by molar-refractivity contribution is -0.141. The number of likely N-dealkylation sites (tertiary alicyclic amines) is 1. The number of amides is 2. The van der Waals surface area contributed by atoms with Crippen molar-refractivity contribution in [2.45, 2.75) is 51.1 Å². The molecule has 2 N–H and O–H groups in total. The highest BCUT2D eigenvalue weighted by Gasteiger charge is 2.47. The first kappa shape index (κ1) is 14.3. The van der Waals surface area contributed by atoms with Gasteiger partial charge in [-0.3, -0.25) is 5.32 Å². The zero-order valence-corrected chi connectivity index (χ0v) is 12.7. The molecule has 2 heterocycles. The van der Waals surface area contributed by atoms with Gasteiger partial charge >= 0.3 is 12.0 Å². The van der Waals surface area contributed by atoms with Crippen LogP contribution in [-0.4, -0.2) is 39.1 Å². The van der Waals surface area contributed by atoms with Crippen molar-refractivity contribution in [1.29, 1.82) is 0 Å². The Balaban J connectivity index is 1.79. The van der Waals surface area contributed by atoms with Crippen molar-refractivity contribution in [3.05, 3.63) is 11.1 Å². The van der Waals surface area contributed by atoms with Gasteiger partial charge in [0.2, 0.25) is 0 Å². The van der Waals surface area contributed by atoms with Gasteiger partial charge in [0, 0.05) is 11.4 Å². The molecule has 0 bridgehead atoms. The minimum Gasteiger partial charge on any atom is -0.480 e.